The number of benzene rings is 1. The van der Waals surface area contributed by atoms with Gasteiger partial charge in [0.1, 0.15) is 0 Å². The van der Waals surface area contributed by atoms with Gasteiger partial charge in [0.15, 0.2) is 0 Å². The predicted molar refractivity (Wildman–Crippen MR) is 70.0 cm³/mol. The van der Waals surface area contributed by atoms with E-state index in [9.17, 15) is 0 Å². The number of nitrogens with zero attached hydrogens (tertiary/aromatic N) is 2. The summed E-state index contributed by atoms with van der Waals surface area (Å²) in [5.41, 5.74) is 4.49. The number of pyridine rings is 1. The summed E-state index contributed by atoms with van der Waals surface area (Å²) in [7, 11) is 0. The van der Waals surface area contributed by atoms with Crippen LogP contribution in [0, 0.1) is 0 Å². The summed E-state index contributed by atoms with van der Waals surface area (Å²) in [6.07, 6.45) is 9.03. The molecular weight excluding hydrogens is 210 g/mol. The van der Waals surface area contributed by atoms with Gasteiger partial charge in [-0.1, -0.05) is 6.07 Å². The molecule has 3 rings (SSSR count). The van der Waals surface area contributed by atoms with Gasteiger partial charge in [-0.05, 0) is 35.4 Å². The van der Waals surface area contributed by atoms with Crippen LogP contribution in [0.1, 0.15) is 5.56 Å². The Morgan fingerprint density at radius 3 is 2.71 bits per heavy atom. The molecule has 0 atom stereocenters. The molecule has 1 N–H and O–H groups in total. The first-order chi connectivity index (χ1) is 8.43. The second kappa shape index (κ2) is 4.22. The van der Waals surface area contributed by atoms with Crippen molar-refractivity contribution in [3.05, 3.63) is 60.7 Å². The fraction of sp³-hybridized carbons (Fsp3) is 0. The van der Waals surface area contributed by atoms with Crippen molar-refractivity contribution in [3.63, 3.8) is 0 Å². The zero-order chi connectivity index (χ0) is 11.5. The highest BCUT2D eigenvalue weighted by Crippen LogP contribution is 2.24. The lowest BCUT2D eigenvalue weighted by Crippen LogP contribution is -1.92. The third-order valence-corrected chi connectivity index (χ3v) is 2.68. The lowest BCUT2D eigenvalue weighted by molar-refractivity contribution is 1.33. The third kappa shape index (κ3) is 1.95. The molecule has 82 valence electrons. The van der Waals surface area contributed by atoms with E-state index < -0.39 is 0 Å². The van der Waals surface area contributed by atoms with Crippen LogP contribution < -0.4 is 5.32 Å². The van der Waals surface area contributed by atoms with Crippen LogP contribution in [0.15, 0.2) is 60.1 Å². The van der Waals surface area contributed by atoms with Gasteiger partial charge in [-0.2, -0.15) is 0 Å². The molecule has 0 fully saturated rings. The van der Waals surface area contributed by atoms with E-state index in [0.29, 0.717) is 0 Å². The summed E-state index contributed by atoms with van der Waals surface area (Å²) in [5, 5.41) is 3.19. The molecule has 0 spiro atoms. The topological polar surface area (TPSA) is 37.3 Å². The number of aliphatic imine (C=N–C) groups is 1. The van der Waals surface area contributed by atoms with Gasteiger partial charge in [0.2, 0.25) is 0 Å². The zero-order valence-electron chi connectivity index (χ0n) is 9.17. The van der Waals surface area contributed by atoms with Gasteiger partial charge in [-0.15, -0.1) is 0 Å². The molecule has 0 bridgehead atoms. The maximum Gasteiger partial charge on any atom is 0.0469 e. The number of aromatic nitrogens is 1. The van der Waals surface area contributed by atoms with Gasteiger partial charge in [-0.25, -0.2) is 0 Å². The van der Waals surface area contributed by atoms with Crippen molar-refractivity contribution in [1.29, 1.82) is 0 Å². The lowest BCUT2D eigenvalue weighted by Gasteiger charge is -2.07. The number of nitrogens with one attached hydrogen (secondary N) is 1. The molecule has 0 saturated heterocycles. The van der Waals surface area contributed by atoms with Gasteiger partial charge < -0.3 is 5.32 Å². The molecule has 1 aromatic carbocycles. The second-order valence-corrected chi connectivity index (χ2v) is 3.78. The monoisotopic (exact) mass is 221 g/mol. The summed E-state index contributed by atoms with van der Waals surface area (Å²) in [6, 6.07) is 10.3. The molecule has 1 aromatic heterocycles. The average molecular weight is 221 g/mol. The van der Waals surface area contributed by atoms with Gasteiger partial charge in [0.25, 0.3) is 0 Å². The summed E-state index contributed by atoms with van der Waals surface area (Å²) in [5.74, 6) is 0. The van der Waals surface area contributed by atoms with Gasteiger partial charge >= 0.3 is 0 Å². The van der Waals surface area contributed by atoms with Crippen molar-refractivity contribution in [3.8, 4) is 11.1 Å². The highest BCUT2D eigenvalue weighted by atomic mass is 14.9. The van der Waals surface area contributed by atoms with Crippen LogP contribution in [0.3, 0.4) is 0 Å². The van der Waals surface area contributed by atoms with E-state index in [1.165, 1.54) is 5.56 Å². The van der Waals surface area contributed by atoms with Crippen LogP contribution in [0.25, 0.3) is 11.1 Å². The maximum absolute atomic E-state index is 4.17. The Bertz CT molecular complexity index is 586. The molecule has 0 saturated carbocycles. The Morgan fingerprint density at radius 2 is 1.82 bits per heavy atom. The number of hydrogen-bond acceptors (Lipinski definition) is 3. The molecule has 2 heterocycles. The Labute approximate surface area is 99.6 Å². The average Bonchev–Trinajstić information content (AvgIpc) is 2.64. The Morgan fingerprint density at radius 1 is 0.941 bits per heavy atom. The van der Waals surface area contributed by atoms with E-state index in [4.69, 9.17) is 0 Å². The normalized spacial score (nSPS) is 12.7. The van der Waals surface area contributed by atoms with Crippen molar-refractivity contribution in [2.45, 2.75) is 0 Å². The van der Waals surface area contributed by atoms with Crippen molar-refractivity contribution in [2.75, 3.05) is 5.32 Å². The highest BCUT2D eigenvalue weighted by molar-refractivity contribution is 5.91. The maximum atomic E-state index is 4.17. The Kier molecular flexibility index (Phi) is 2.43. The number of fused-ring (bicyclic) bond motifs is 1. The van der Waals surface area contributed by atoms with Crippen LogP contribution >= 0.6 is 0 Å². The SMILES string of the molecule is C1=CNc2ccc(-c3ccncc3)cc2C=N1. The minimum Gasteiger partial charge on any atom is -0.360 e. The van der Waals surface area contributed by atoms with Crippen LogP contribution in [0.2, 0.25) is 0 Å². The first-order valence-electron chi connectivity index (χ1n) is 5.43. The van der Waals surface area contributed by atoms with Gasteiger partial charge in [-0.3, -0.25) is 9.98 Å². The van der Waals surface area contributed by atoms with E-state index in [1.807, 2.05) is 24.5 Å². The fourth-order valence-corrected chi connectivity index (χ4v) is 1.82. The Balaban J connectivity index is 2.07. The highest BCUT2D eigenvalue weighted by Gasteiger charge is 2.04. The Hall–Kier alpha value is -2.42. The number of hydrogen-bond donors (Lipinski definition) is 1. The van der Waals surface area contributed by atoms with E-state index >= 15 is 0 Å². The second-order valence-electron chi connectivity index (χ2n) is 3.78. The van der Waals surface area contributed by atoms with E-state index in [0.717, 1.165) is 16.8 Å². The minimum absolute atomic E-state index is 1.07. The predicted octanol–water partition coefficient (Wildman–Crippen LogP) is 3.06. The van der Waals surface area contributed by atoms with Crippen LogP contribution in [-0.4, -0.2) is 11.2 Å². The van der Waals surface area contributed by atoms with Crippen LogP contribution in [0.4, 0.5) is 5.69 Å². The van der Waals surface area contributed by atoms with Crippen LogP contribution in [0.5, 0.6) is 0 Å². The standard InChI is InChI=1S/C14H11N3/c1-2-14-13(10-16-7-8-17-14)9-12(1)11-3-5-15-6-4-11/h1-10,17H. The molecule has 0 unspecified atom stereocenters. The molecule has 1 aliphatic heterocycles. The molecular formula is C14H11N3. The molecule has 0 radical (unpaired) electrons. The summed E-state index contributed by atoms with van der Waals surface area (Å²) in [4.78, 5) is 8.19. The van der Waals surface area contributed by atoms with Gasteiger partial charge in [0.05, 0.1) is 0 Å². The third-order valence-electron chi connectivity index (χ3n) is 2.68. The number of rotatable bonds is 1. The molecule has 3 nitrogen and oxygen atoms in total. The smallest absolute Gasteiger partial charge is 0.0469 e. The summed E-state index contributed by atoms with van der Waals surface area (Å²) < 4.78 is 0. The fourth-order valence-electron chi connectivity index (χ4n) is 1.82. The van der Waals surface area contributed by atoms with Crippen molar-refractivity contribution in [2.24, 2.45) is 4.99 Å². The van der Waals surface area contributed by atoms with Crippen molar-refractivity contribution in [1.82, 2.24) is 4.98 Å². The molecule has 3 heteroatoms. The first kappa shape index (κ1) is 9.78. The van der Waals surface area contributed by atoms with Crippen molar-refractivity contribution >= 4 is 11.9 Å². The first-order valence-corrected chi connectivity index (χ1v) is 5.43. The van der Waals surface area contributed by atoms with E-state index in [1.54, 1.807) is 18.6 Å². The quantitative estimate of drug-likeness (QED) is 0.803. The largest absolute Gasteiger partial charge is 0.360 e. The summed E-state index contributed by atoms with van der Waals surface area (Å²) in [6.45, 7) is 0. The van der Waals surface area contributed by atoms with Gasteiger partial charge in [0, 0.05) is 42.3 Å². The minimum atomic E-state index is 1.07. The van der Waals surface area contributed by atoms with Crippen LogP contribution in [-0.2, 0) is 0 Å². The van der Waals surface area contributed by atoms with E-state index in [2.05, 4.69) is 33.5 Å². The van der Waals surface area contributed by atoms with Crippen molar-refractivity contribution < 1.29 is 0 Å². The zero-order valence-corrected chi connectivity index (χ0v) is 9.17. The summed E-state index contributed by atoms with van der Waals surface area (Å²) >= 11 is 0. The molecule has 17 heavy (non-hydrogen) atoms. The molecule has 1 aliphatic rings. The van der Waals surface area contributed by atoms with E-state index in [-0.39, 0.29) is 0 Å². The number of anilines is 1. The molecule has 0 amide bonds. The molecule has 0 aliphatic carbocycles. The molecule has 2 aromatic rings. The lowest BCUT2D eigenvalue weighted by atomic mass is 10.0.